The molecular weight excluding hydrogens is 436 g/mol. The predicted octanol–water partition coefficient (Wildman–Crippen LogP) is 4.46. The van der Waals surface area contributed by atoms with E-state index in [1.807, 2.05) is 53.7 Å². The van der Waals surface area contributed by atoms with Crippen LogP contribution in [0.4, 0.5) is 0 Å². The molecular formula is C18H18Br2N2O2. The predicted molar refractivity (Wildman–Crippen MR) is 103 cm³/mol. The van der Waals surface area contributed by atoms with E-state index in [0.29, 0.717) is 6.61 Å². The highest BCUT2D eigenvalue weighted by Gasteiger charge is 2.10. The van der Waals surface area contributed by atoms with Crippen LogP contribution in [0.1, 0.15) is 11.1 Å². The van der Waals surface area contributed by atoms with Crippen LogP contribution in [0.5, 0.6) is 5.75 Å². The Morgan fingerprint density at radius 2 is 1.75 bits per heavy atom. The summed E-state index contributed by atoms with van der Waals surface area (Å²) >= 11 is 7.17. The minimum atomic E-state index is 0.527. The van der Waals surface area contributed by atoms with Crippen LogP contribution >= 0.6 is 31.9 Å². The van der Waals surface area contributed by atoms with Crippen LogP contribution in [-0.2, 0) is 11.3 Å². The van der Waals surface area contributed by atoms with Crippen molar-refractivity contribution in [3.05, 3.63) is 62.5 Å². The van der Waals surface area contributed by atoms with Gasteiger partial charge in [-0.05, 0) is 55.1 Å². The molecule has 0 aromatic heterocycles. The monoisotopic (exact) mass is 452 g/mol. The first-order valence-corrected chi connectivity index (χ1v) is 9.33. The number of ether oxygens (including phenoxy) is 2. The zero-order chi connectivity index (χ0) is 16.8. The van der Waals surface area contributed by atoms with Gasteiger partial charge in [0, 0.05) is 0 Å². The highest BCUT2D eigenvalue weighted by Crippen LogP contribution is 2.35. The zero-order valence-corrected chi connectivity index (χ0v) is 16.3. The Morgan fingerprint density at radius 1 is 1.08 bits per heavy atom. The molecule has 0 spiro atoms. The van der Waals surface area contributed by atoms with Gasteiger partial charge in [-0.2, -0.15) is 5.10 Å². The average molecular weight is 454 g/mol. The molecule has 0 radical (unpaired) electrons. The van der Waals surface area contributed by atoms with E-state index in [0.717, 1.165) is 52.1 Å². The summed E-state index contributed by atoms with van der Waals surface area (Å²) in [5.41, 5.74) is 2.14. The van der Waals surface area contributed by atoms with E-state index in [4.69, 9.17) is 9.47 Å². The number of rotatable bonds is 5. The van der Waals surface area contributed by atoms with Crippen LogP contribution in [-0.4, -0.2) is 37.5 Å². The lowest BCUT2D eigenvalue weighted by Crippen LogP contribution is -2.32. The van der Waals surface area contributed by atoms with Gasteiger partial charge in [-0.25, -0.2) is 0 Å². The summed E-state index contributed by atoms with van der Waals surface area (Å²) < 4.78 is 13.1. The minimum absolute atomic E-state index is 0.527. The number of benzene rings is 2. The molecule has 126 valence electrons. The van der Waals surface area contributed by atoms with Crippen molar-refractivity contribution in [2.24, 2.45) is 5.10 Å². The molecule has 2 aromatic rings. The van der Waals surface area contributed by atoms with Gasteiger partial charge in [0.2, 0.25) is 0 Å². The van der Waals surface area contributed by atoms with E-state index < -0.39 is 0 Å². The van der Waals surface area contributed by atoms with Crippen molar-refractivity contribution in [1.82, 2.24) is 5.01 Å². The Hall–Kier alpha value is -1.37. The van der Waals surface area contributed by atoms with Gasteiger partial charge in [0.1, 0.15) is 12.4 Å². The largest absolute Gasteiger partial charge is 0.487 e. The van der Waals surface area contributed by atoms with Crippen molar-refractivity contribution >= 4 is 38.1 Å². The van der Waals surface area contributed by atoms with E-state index >= 15 is 0 Å². The maximum Gasteiger partial charge on any atom is 0.148 e. The van der Waals surface area contributed by atoms with Crippen LogP contribution in [0.2, 0.25) is 0 Å². The van der Waals surface area contributed by atoms with Crippen LogP contribution in [0.3, 0.4) is 0 Å². The van der Waals surface area contributed by atoms with Crippen LogP contribution in [0.15, 0.2) is 56.5 Å². The summed E-state index contributed by atoms with van der Waals surface area (Å²) in [7, 11) is 0. The summed E-state index contributed by atoms with van der Waals surface area (Å²) in [5, 5.41) is 6.52. The molecule has 1 heterocycles. The van der Waals surface area contributed by atoms with Crippen molar-refractivity contribution in [1.29, 1.82) is 0 Å². The summed E-state index contributed by atoms with van der Waals surface area (Å²) in [5.74, 6) is 0.794. The number of hydrogen-bond acceptors (Lipinski definition) is 4. The molecule has 0 unspecified atom stereocenters. The lowest BCUT2D eigenvalue weighted by atomic mass is 10.2. The van der Waals surface area contributed by atoms with Crippen molar-refractivity contribution in [2.75, 3.05) is 26.3 Å². The summed E-state index contributed by atoms with van der Waals surface area (Å²) in [6, 6.07) is 14.1. The third-order valence-corrected chi connectivity index (χ3v) is 4.78. The summed E-state index contributed by atoms with van der Waals surface area (Å²) in [6.07, 6.45) is 1.86. The normalized spacial score (nSPS) is 15.0. The highest BCUT2D eigenvalue weighted by atomic mass is 79.9. The van der Waals surface area contributed by atoms with E-state index in [-0.39, 0.29) is 0 Å². The van der Waals surface area contributed by atoms with E-state index in [1.165, 1.54) is 0 Å². The van der Waals surface area contributed by atoms with Gasteiger partial charge in [0.15, 0.2) is 0 Å². The molecule has 0 aliphatic carbocycles. The van der Waals surface area contributed by atoms with Gasteiger partial charge in [0.05, 0.1) is 41.5 Å². The maximum absolute atomic E-state index is 5.94. The lowest BCUT2D eigenvalue weighted by Gasteiger charge is -2.23. The van der Waals surface area contributed by atoms with E-state index in [1.54, 1.807) is 0 Å². The Bertz CT molecular complexity index is 678. The molecule has 2 aromatic carbocycles. The molecule has 0 N–H and O–H groups in total. The molecule has 1 aliphatic heterocycles. The first-order chi connectivity index (χ1) is 11.7. The van der Waals surface area contributed by atoms with Crippen molar-refractivity contribution in [3.63, 3.8) is 0 Å². The Morgan fingerprint density at radius 3 is 2.42 bits per heavy atom. The third kappa shape index (κ3) is 4.82. The molecule has 4 nitrogen and oxygen atoms in total. The fraction of sp³-hybridized carbons (Fsp3) is 0.278. The number of halogens is 2. The summed E-state index contributed by atoms with van der Waals surface area (Å²) in [6.45, 7) is 3.65. The van der Waals surface area contributed by atoms with Gasteiger partial charge >= 0.3 is 0 Å². The molecule has 0 amide bonds. The number of nitrogens with zero attached hydrogens (tertiary/aromatic N) is 2. The highest BCUT2D eigenvalue weighted by molar-refractivity contribution is 9.11. The fourth-order valence-corrected chi connectivity index (χ4v) is 3.79. The molecule has 24 heavy (non-hydrogen) atoms. The van der Waals surface area contributed by atoms with Crippen LogP contribution < -0.4 is 4.74 Å². The topological polar surface area (TPSA) is 34.1 Å². The van der Waals surface area contributed by atoms with Gasteiger partial charge in [-0.3, -0.25) is 5.01 Å². The van der Waals surface area contributed by atoms with Gasteiger partial charge < -0.3 is 9.47 Å². The zero-order valence-electron chi connectivity index (χ0n) is 13.1. The number of hydrazone groups is 1. The lowest BCUT2D eigenvalue weighted by molar-refractivity contribution is 0.0397. The van der Waals surface area contributed by atoms with E-state index in [9.17, 15) is 0 Å². The van der Waals surface area contributed by atoms with Gasteiger partial charge in [0.25, 0.3) is 0 Å². The Labute approximate surface area is 158 Å². The molecule has 1 aliphatic rings. The molecule has 3 rings (SSSR count). The van der Waals surface area contributed by atoms with Crippen LogP contribution in [0, 0.1) is 0 Å². The number of hydrogen-bond donors (Lipinski definition) is 0. The number of morpholine rings is 1. The quantitative estimate of drug-likeness (QED) is 0.627. The van der Waals surface area contributed by atoms with Crippen LogP contribution in [0.25, 0.3) is 0 Å². The molecule has 6 heteroatoms. The molecule has 0 atom stereocenters. The first kappa shape index (κ1) is 17.5. The minimum Gasteiger partial charge on any atom is -0.487 e. The fourth-order valence-electron chi connectivity index (χ4n) is 2.34. The molecule has 1 fully saturated rings. The molecule has 1 saturated heterocycles. The smallest absolute Gasteiger partial charge is 0.148 e. The second-order valence-electron chi connectivity index (χ2n) is 5.40. The maximum atomic E-state index is 5.94. The summed E-state index contributed by atoms with van der Waals surface area (Å²) in [4.78, 5) is 0. The van der Waals surface area contributed by atoms with Crippen molar-refractivity contribution in [3.8, 4) is 5.75 Å². The van der Waals surface area contributed by atoms with Crippen molar-refractivity contribution < 1.29 is 9.47 Å². The van der Waals surface area contributed by atoms with E-state index in [2.05, 4.69) is 37.0 Å². The SMILES string of the molecule is Brc1cc(/C=N\N2CCOCC2)cc(Br)c1OCc1ccccc1. The van der Waals surface area contributed by atoms with Gasteiger partial charge in [-0.1, -0.05) is 30.3 Å². The first-order valence-electron chi connectivity index (χ1n) is 7.75. The average Bonchev–Trinajstić information content (AvgIpc) is 2.61. The standard InChI is InChI=1S/C18H18Br2N2O2/c19-16-10-15(12-21-22-6-8-23-9-7-22)11-17(20)18(16)24-13-14-4-2-1-3-5-14/h1-5,10-12H,6-9,13H2/b21-12-. The Balaban J connectivity index is 1.67. The Kier molecular flexibility index (Phi) is 6.29. The van der Waals surface area contributed by atoms with Crippen molar-refractivity contribution in [2.45, 2.75) is 6.61 Å². The molecule has 0 bridgehead atoms. The second kappa shape index (κ2) is 8.65. The molecule has 0 saturated carbocycles. The van der Waals surface area contributed by atoms with Gasteiger partial charge in [-0.15, -0.1) is 0 Å². The second-order valence-corrected chi connectivity index (χ2v) is 7.11. The third-order valence-electron chi connectivity index (χ3n) is 3.60.